The van der Waals surface area contributed by atoms with E-state index in [2.05, 4.69) is 15.0 Å². The van der Waals surface area contributed by atoms with Crippen LogP contribution in [0.2, 0.25) is 0 Å². The van der Waals surface area contributed by atoms with Crippen molar-refractivity contribution in [2.75, 3.05) is 5.73 Å². The van der Waals surface area contributed by atoms with Gasteiger partial charge in [-0.15, -0.1) is 0 Å². The number of aromatic nitrogens is 3. The maximum Gasteiger partial charge on any atom is 0.417 e. The largest absolute Gasteiger partial charge is 0.417 e. The van der Waals surface area contributed by atoms with Crippen molar-refractivity contribution in [3.63, 3.8) is 0 Å². The summed E-state index contributed by atoms with van der Waals surface area (Å²) in [5.41, 5.74) is 5.35. The van der Waals surface area contributed by atoms with E-state index in [4.69, 9.17) is 5.73 Å². The first-order chi connectivity index (χ1) is 9.97. The van der Waals surface area contributed by atoms with Crippen molar-refractivity contribution in [2.24, 2.45) is 0 Å². The summed E-state index contributed by atoms with van der Waals surface area (Å²) in [7, 11) is 0. The van der Waals surface area contributed by atoms with Crippen molar-refractivity contribution in [1.29, 1.82) is 0 Å². The molecular formula is C14H9F3N4. The zero-order valence-electron chi connectivity index (χ0n) is 10.6. The van der Waals surface area contributed by atoms with Crippen LogP contribution in [0.4, 0.5) is 19.0 Å². The fraction of sp³-hybridized carbons (Fsp3) is 0.0714. The summed E-state index contributed by atoms with van der Waals surface area (Å²) in [6.07, 6.45) is -3.47. The van der Waals surface area contributed by atoms with E-state index in [0.717, 1.165) is 12.4 Å². The van der Waals surface area contributed by atoms with Crippen molar-refractivity contribution in [3.05, 3.63) is 48.3 Å². The Balaban J connectivity index is 2.36. The fourth-order valence-electron chi connectivity index (χ4n) is 2.07. The Labute approximate surface area is 117 Å². The third kappa shape index (κ3) is 2.37. The Hall–Kier alpha value is -2.70. The number of nitrogens with zero attached hydrogens (tertiary/aromatic N) is 3. The van der Waals surface area contributed by atoms with E-state index in [0.29, 0.717) is 5.56 Å². The molecule has 3 aromatic rings. The standard InChI is InChI=1S/C14H9F3N4/c15-14(16,17)9-6-10(8-4-2-1-3-5-8)21-13-11(9)12(18)19-7-20-13/h1-7H,(H2,18,19,20,21). The van der Waals surface area contributed by atoms with Gasteiger partial charge in [-0.25, -0.2) is 15.0 Å². The lowest BCUT2D eigenvalue weighted by Gasteiger charge is -2.12. The summed E-state index contributed by atoms with van der Waals surface area (Å²) in [5, 5.41) is -0.273. The smallest absolute Gasteiger partial charge is 0.383 e. The summed E-state index contributed by atoms with van der Waals surface area (Å²) >= 11 is 0. The van der Waals surface area contributed by atoms with Crippen molar-refractivity contribution < 1.29 is 13.2 Å². The number of hydrogen-bond donors (Lipinski definition) is 1. The number of fused-ring (bicyclic) bond motifs is 1. The van der Waals surface area contributed by atoms with Gasteiger partial charge >= 0.3 is 6.18 Å². The van der Waals surface area contributed by atoms with Crippen LogP contribution in [0.3, 0.4) is 0 Å². The predicted molar refractivity (Wildman–Crippen MR) is 72.2 cm³/mol. The highest BCUT2D eigenvalue weighted by Crippen LogP contribution is 2.37. The van der Waals surface area contributed by atoms with Gasteiger partial charge in [-0.05, 0) is 6.07 Å². The second-order valence-electron chi connectivity index (χ2n) is 4.38. The topological polar surface area (TPSA) is 64.7 Å². The molecule has 0 radical (unpaired) electrons. The Bertz CT molecular complexity index is 800. The second-order valence-corrected chi connectivity index (χ2v) is 4.38. The minimum absolute atomic E-state index is 0.0730. The number of anilines is 1. The number of benzene rings is 1. The monoisotopic (exact) mass is 290 g/mol. The molecule has 3 rings (SSSR count). The molecule has 0 unspecified atom stereocenters. The molecule has 2 N–H and O–H groups in total. The molecule has 0 spiro atoms. The molecule has 0 amide bonds. The van der Waals surface area contributed by atoms with Crippen LogP contribution >= 0.6 is 0 Å². The van der Waals surface area contributed by atoms with Gasteiger partial charge in [0, 0.05) is 5.56 Å². The average molecular weight is 290 g/mol. The Morgan fingerprint density at radius 1 is 1.00 bits per heavy atom. The molecule has 4 nitrogen and oxygen atoms in total. The van der Waals surface area contributed by atoms with E-state index in [1.165, 1.54) is 0 Å². The first kappa shape index (κ1) is 13.3. The molecule has 1 aromatic carbocycles. The summed E-state index contributed by atoms with van der Waals surface area (Å²) < 4.78 is 39.8. The van der Waals surface area contributed by atoms with Gasteiger partial charge in [-0.1, -0.05) is 30.3 Å². The van der Waals surface area contributed by atoms with Gasteiger partial charge < -0.3 is 5.73 Å². The molecule has 7 heteroatoms. The third-order valence-electron chi connectivity index (χ3n) is 3.01. The number of pyridine rings is 1. The fourth-order valence-corrected chi connectivity index (χ4v) is 2.07. The molecule has 0 fully saturated rings. The summed E-state index contributed by atoms with van der Waals surface area (Å²) in [5.74, 6) is -0.237. The first-order valence-corrected chi connectivity index (χ1v) is 6.00. The molecule has 2 heterocycles. The Morgan fingerprint density at radius 3 is 2.38 bits per heavy atom. The van der Waals surface area contributed by atoms with Gasteiger partial charge in [0.05, 0.1) is 16.6 Å². The number of nitrogens with two attached hydrogens (primary N) is 1. The molecule has 0 atom stereocenters. The van der Waals surface area contributed by atoms with Gasteiger partial charge in [-0.2, -0.15) is 13.2 Å². The van der Waals surface area contributed by atoms with Gasteiger partial charge in [-0.3, -0.25) is 0 Å². The van der Waals surface area contributed by atoms with Crippen LogP contribution in [0.15, 0.2) is 42.7 Å². The highest BCUT2D eigenvalue weighted by Gasteiger charge is 2.35. The zero-order valence-corrected chi connectivity index (χ0v) is 10.6. The average Bonchev–Trinajstić information content (AvgIpc) is 2.46. The molecular weight excluding hydrogens is 281 g/mol. The van der Waals surface area contributed by atoms with Crippen LogP contribution in [0, 0.1) is 0 Å². The summed E-state index contributed by atoms with van der Waals surface area (Å²) in [6.45, 7) is 0. The van der Waals surface area contributed by atoms with E-state index < -0.39 is 11.7 Å². The zero-order chi connectivity index (χ0) is 15.0. The molecule has 0 aliphatic heterocycles. The molecule has 2 aromatic heterocycles. The second kappa shape index (κ2) is 4.69. The lowest BCUT2D eigenvalue weighted by Crippen LogP contribution is -2.10. The molecule has 0 saturated heterocycles. The van der Waals surface area contributed by atoms with Crippen molar-refractivity contribution >= 4 is 16.9 Å². The van der Waals surface area contributed by atoms with E-state index in [1.54, 1.807) is 30.3 Å². The van der Waals surface area contributed by atoms with Crippen LogP contribution < -0.4 is 5.73 Å². The Kier molecular flexibility index (Phi) is 2.97. The van der Waals surface area contributed by atoms with Gasteiger partial charge in [0.25, 0.3) is 0 Å². The number of rotatable bonds is 1. The van der Waals surface area contributed by atoms with E-state index in [1.807, 2.05) is 0 Å². The molecule has 21 heavy (non-hydrogen) atoms. The lowest BCUT2D eigenvalue weighted by atomic mass is 10.1. The number of hydrogen-bond acceptors (Lipinski definition) is 4. The van der Waals surface area contributed by atoms with Gasteiger partial charge in [0.1, 0.15) is 12.1 Å². The van der Waals surface area contributed by atoms with Crippen LogP contribution in [-0.2, 0) is 6.18 Å². The lowest BCUT2D eigenvalue weighted by molar-refractivity contribution is -0.136. The number of halogens is 3. The van der Waals surface area contributed by atoms with Crippen LogP contribution in [0.5, 0.6) is 0 Å². The minimum Gasteiger partial charge on any atom is -0.383 e. The van der Waals surface area contributed by atoms with E-state index in [-0.39, 0.29) is 22.5 Å². The summed E-state index contributed by atoms with van der Waals surface area (Å²) in [6, 6.07) is 9.55. The molecule has 0 aliphatic carbocycles. The number of nitrogen functional groups attached to an aromatic ring is 1. The normalized spacial score (nSPS) is 11.8. The van der Waals surface area contributed by atoms with E-state index in [9.17, 15) is 13.2 Å². The highest BCUT2D eigenvalue weighted by molar-refractivity contribution is 5.90. The van der Waals surface area contributed by atoms with Gasteiger partial charge in [0.15, 0.2) is 5.65 Å². The maximum atomic E-state index is 13.3. The predicted octanol–water partition coefficient (Wildman–Crippen LogP) is 3.29. The molecule has 106 valence electrons. The van der Waals surface area contributed by atoms with Crippen molar-refractivity contribution in [2.45, 2.75) is 6.18 Å². The van der Waals surface area contributed by atoms with E-state index >= 15 is 0 Å². The quantitative estimate of drug-likeness (QED) is 0.747. The maximum absolute atomic E-state index is 13.3. The van der Waals surface area contributed by atoms with Crippen LogP contribution in [-0.4, -0.2) is 15.0 Å². The van der Waals surface area contributed by atoms with Gasteiger partial charge in [0.2, 0.25) is 0 Å². The molecule has 0 aliphatic rings. The summed E-state index contributed by atoms with van der Waals surface area (Å²) in [4.78, 5) is 11.6. The van der Waals surface area contributed by atoms with Crippen molar-refractivity contribution in [3.8, 4) is 11.3 Å². The molecule has 0 saturated carbocycles. The number of alkyl halides is 3. The van der Waals surface area contributed by atoms with Crippen LogP contribution in [0.1, 0.15) is 5.56 Å². The first-order valence-electron chi connectivity index (χ1n) is 6.00. The highest BCUT2D eigenvalue weighted by atomic mass is 19.4. The van der Waals surface area contributed by atoms with Crippen LogP contribution in [0.25, 0.3) is 22.3 Å². The third-order valence-corrected chi connectivity index (χ3v) is 3.01. The molecule has 0 bridgehead atoms. The van der Waals surface area contributed by atoms with Crippen molar-refractivity contribution in [1.82, 2.24) is 15.0 Å². The SMILES string of the molecule is Nc1ncnc2nc(-c3ccccc3)cc(C(F)(F)F)c12. The minimum atomic E-state index is -4.57. The Morgan fingerprint density at radius 2 is 1.71 bits per heavy atom.